The average Bonchev–Trinajstić information content (AvgIpc) is 2.74. The van der Waals surface area contributed by atoms with Crippen molar-refractivity contribution >= 4 is 0 Å². The lowest BCUT2D eigenvalue weighted by Gasteiger charge is -2.20. The number of hydrogen-bond donors (Lipinski definition) is 1. The van der Waals surface area contributed by atoms with Gasteiger partial charge >= 0.3 is 0 Å². The van der Waals surface area contributed by atoms with Gasteiger partial charge in [-0.1, -0.05) is 0 Å². The van der Waals surface area contributed by atoms with Gasteiger partial charge in [-0.25, -0.2) is 0 Å². The van der Waals surface area contributed by atoms with E-state index in [0.717, 1.165) is 26.0 Å². The van der Waals surface area contributed by atoms with Crippen molar-refractivity contribution in [3.8, 4) is 0 Å². The summed E-state index contributed by atoms with van der Waals surface area (Å²) in [6.07, 6.45) is 5.59. The summed E-state index contributed by atoms with van der Waals surface area (Å²) >= 11 is 0. The van der Waals surface area contributed by atoms with Gasteiger partial charge in [-0.2, -0.15) is 0 Å². The lowest BCUT2D eigenvalue weighted by Crippen LogP contribution is -2.19. The molecule has 1 aliphatic rings. The second-order valence-electron chi connectivity index (χ2n) is 4.52. The normalized spacial score (nSPS) is 19.3. The predicted molar refractivity (Wildman–Crippen MR) is 67.0 cm³/mol. The molecule has 2 rings (SSSR count). The van der Waals surface area contributed by atoms with Crippen LogP contribution < -0.4 is 5.73 Å². The van der Waals surface area contributed by atoms with Crippen molar-refractivity contribution in [1.82, 2.24) is 4.57 Å². The quantitative estimate of drug-likeness (QED) is 0.764. The van der Waals surface area contributed by atoms with E-state index in [1.165, 1.54) is 17.7 Å². The van der Waals surface area contributed by atoms with Crippen molar-refractivity contribution in [2.75, 3.05) is 26.9 Å². The van der Waals surface area contributed by atoms with Crippen LogP contribution in [0.3, 0.4) is 0 Å². The first-order chi connectivity index (χ1) is 8.33. The highest BCUT2D eigenvalue weighted by Crippen LogP contribution is 2.28. The number of fused-ring (bicyclic) bond motifs is 1. The van der Waals surface area contributed by atoms with E-state index in [1.54, 1.807) is 7.11 Å². The Hall–Kier alpha value is -0.840. The third-order valence-corrected chi connectivity index (χ3v) is 3.35. The van der Waals surface area contributed by atoms with Crippen LogP contribution in [0.5, 0.6) is 0 Å². The molecule has 1 atom stereocenters. The Morgan fingerprint density at radius 2 is 2.29 bits per heavy atom. The van der Waals surface area contributed by atoms with Crippen molar-refractivity contribution < 1.29 is 9.47 Å². The van der Waals surface area contributed by atoms with Gasteiger partial charge in [-0.05, 0) is 30.9 Å². The number of rotatable bonds is 6. The molecule has 0 spiro atoms. The third-order valence-electron chi connectivity index (χ3n) is 3.35. The number of ether oxygens (including phenoxy) is 2. The highest BCUT2D eigenvalue weighted by Gasteiger charge is 2.19. The van der Waals surface area contributed by atoms with Gasteiger partial charge in [-0.15, -0.1) is 0 Å². The van der Waals surface area contributed by atoms with Crippen LogP contribution in [0.15, 0.2) is 12.3 Å². The van der Waals surface area contributed by atoms with Crippen LogP contribution in [-0.2, 0) is 22.4 Å². The summed E-state index contributed by atoms with van der Waals surface area (Å²) in [5.41, 5.74) is 8.82. The first-order valence-electron chi connectivity index (χ1n) is 6.33. The van der Waals surface area contributed by atoms with E-state index in [1.807, 2.05) is 0 Å². The van der Waals surface area contributed by atoms with Gasteiger partial charge in [0.2, 0.25) is 0 Å². The molecule has 17 heavy (non-hydrogen) atoms. The molecular weight excluding hydrogens is 216 g/mol. The first-order valence-corrected chi connectivity index (χ1v) is 6.33. The number of hydrogen-bond acceptors (Lipinski definition) is 3. The van der Waals surface area contributed by atoms with E-state index in [2.05, 4.69) is 16.8 Å². The summed E-state index contributed by atoms with van der Waals surface area (Å²) in [6, 6.07) is 2.39. The molecule has 4 nitrogen and oxygen atoms in total. The second kappa shape index (κ2) is 6.19. The van der Waals surface area contributed by atoms with Gasteiger partial charge in [0.25, 0.3) is 0 Å². The molecule has 0 aromatic carbocycles. The van der Waals surface area contributed by atoms with Crippen molar-refractivity contribution in [2.45, 2.75) is 31.8 Å². The van der Waals surface area contributed by atoms with E-state index in [-0.39, 0.29) is 6.04 Å². The minimum Gasteiger partial charge on any atom is -0.382 e. The number of methoxy groups -OCH3 is 1. The van der Waals surface area contributed by atoms with Crippen LogP contribution in [0.4, 0.5) is 0 Å². The van der Waals surface area contributed by atoms with Gasteiger partial charge in [0.05, 0.1) is 19.8 Å². The molecule has 0 saturated heterocycles. The molecule has 0 radical (unpaired) electrons. The second-order valence-corrected chi connectivity index (χ2v) is 4.52. The van der Waals surface area contributed by atoms with Gasteiger partial charge in [-0.3, -0.25) is 0 Å². The van der Waals surface area contributed by atoms with Crippen LogP contribution in [0, 0.1) is 0 Å². The Morgan fingerprint density at radius 3 is 3.12 bits per heavy atom. The molecule has 1 aromatic heterocycles. The lowest BCUT2D eigenvalue weighted by molar-refractivity contribution is 0.0663. The van der Waals surface area contributed by atoms with Crippen molar-refractivity contribution in [2.24, 2.45) is 5.73 Å². The molecule has 0 aliphatic heterocycles. The Balaban J connectivity index is 1.85. The monoisotopic (exact) mass is 238 g/mol. The number of nitrogens with two attached hydrogens (primary N) is 1. The maximum Gasteiger partial charge on any atom is 0.0701 e. The Morgan fingerprint density at radius 1 is 1.41 bits per heavy atom. The molecule has 0 amide bonds. The fraction of sp³-hybridized carbons (Fsp3) is 0.692. The molecule has 0 fully saturated rings. The molecule has 0 bridgehead atoms. The molecule has 4 heteroatoms. The number of aromatic nitrogens is 1. The fourth-order valence-electron chi connectivity index (χ4n) is 2.41. The SMILES string of the molecule is COCCOCCn1ccc2c1CCCC2N. The van der Waals surface area contributed by atoms with Crippen LogP contribution in [0.2, 0.25) is 0 Å². The zero-order valence-corrected chi connectivity index (χ0v) is 10.5. The highest BCUT2D eigenvalue weighted by molar-refractivity contribution is 5.28. The van der Waals surface area contributed by atoms with E-state index >= 15 is 0 Å². The summed E-state index contributed by atoms with van der Waals surface area (Å²) in [6.45, 7) is 2.97. The molecule has 0 saturated carbocycles. The number of nitrogens with zero attached hydrogens (tertiary/aromatic N) is 1. The molecule has 1 unspecified atom stereocenters. The lowest BCUT2D eigenvalue weighted by atomic mass is 9.94. The van der Waals surface area contributed by atoms with Gasteiger partial charge in [0.15, 0.2) is 0 Å². The van der Waals surface area contributed by atoms with E-state index in [4.69, 9.17) is 15.2 Å². The van der Waals surface area contributed by atoms with E-state index in [9.17, 15) is 0 Å². The van der Waals surface area contributed by atoms with Crippen LogP contribution in [0.25, 0.3) is 0 Å². The Kier molecular flexibility index (Phi) is 4.59. The molecule has 2 N–H and O–H groups in total. The molecular formula is C13H22N2O2. The maximum absolute atomic E-state index is 6.09. The summed E-state index contributed by atoms with van der Waals surface area (Å²) in [7, 11) is 1.69. The Labute approximate surface area is 103 Å². The molecule has 1 heterocycles. The smallest absolute Gasteiger partial charge is 0.0701 e. The summed E-state index contributed by atoms with van der Waals surface area (Å²) < 4.78 is 12.7. The standard InChI is InChI=1S/C13H22N2O2/c1-16-9-10-17-8-7-15-6-5-11-12(14)3-2-4-13(11)15/h5-6,12H,2-4,7-10,14H2,1H3. The van der Waals surface area contributed by atoms with Crippen molar-refractivity contribution in [1.29, 1.82) is 0 Å². The summed E-state index contributed by atoms with van der Waals surface area (Å²) in [4.78, 5) is 0. The fourth-order valence-corrected chi connectivity index (χ4v) is 2.41. The van der Waals surface area contributed by atoms with E-state index < -0.39 is 0 Å². The maximum atomic E-state index is 6.09. The zero-order chi connectivity index (χ0) is 12.1. The zero-order valence-electron chi connectivity index (χ0n) is 10.5. The van der Waals surface area contributed by atoms with Crippen LogP contribution >= 0.6 is 0 Å². The summed E-state index contributed by atoms with van der Waals surface area (Å²) in [5.74, 6) is 0. The molecule has 1 aromatic rings. The third kappa shape index (κ3) is 3.09. The minimum atomic E-state index is 0.231. The topological polar surface area (TPSA) is 49.4 Å². The van der Waals surface area contributed by atoms with Gasteiger partial charge in [0, 0.05) is 31.6 Å². The van der Waals surface area contributed by atoms with Gasteiger partial charge in [0.1, 0.15) is 0 Å². The highest BCUT2D eigenvalue weighted by atomic mass is 16.5. The average molecular weight is 238 g/mol. The molecule has 1 aliphatic carbocycles. The largest absolute Gasteiger partial charge is 0.382 e. The van der Waals surface area contributed by atoms with Crippen molar-refractivity contribution in [3.05, 3.63) is 23.5 Å². The van der Waals surface area contributed by atoms with Crippen molar-refractivity contribution in [3.63, 3.8) is 0 Å². The van der Waals surface area contributed by atoms with Crippen LogP contribution in [0.1, 0.15) is 30.1 Å². The molecule has 96 valence electrons. The van der Waals surface area contributed by atoms with E-state index in [0.29, 0.717) is 13.2 Å². The Bertz CT molecular complexity index is 349. The summed E-state index contributed by atoms with van der Waals surface area (Å²) in [5, 5.41) is 0. The van der Waals surface area contributed by atoms with Gasteiger partial charge < -0.3 is 19.8 Å². The minimum absolute atomic E-state index is 0.231. The van der Waals surface area contributed by atoms with Crippen LogP contribution in [-0.4, -0.2) is 31.5 Å². The predicted octanol–water partition coefficient (Wildman–Crippen LogP) is 1.49. The first kappa shape index (κ1) is 12.6.